The zero-order valence-corrected chi connectivity index (χ0v) is 24.8. The summed E-state index contributed by atoms with van der Waals surface area (Å²) in [6, 6.07) is 8.14. The summed E-state index contributed by atoms with van der Waals surface area (Å²) in [5.41, 5.74) is 1.70. The van der Waals surface area contributed by atoms with E-state index in [1.54, 1.807) is 0 Å². The van der Waals surface area contributed by atoms with Crippen LogP contribution in [0.2, 0.25) is 0 Å². The molecule has 0 bridgehead atoms. The number of primary amides is 1. The topological polar surface area (TPSA) is 132 Å². The summed E-state index contributed by atoms with van der Waals surface area (Å²) in [5.74, 6) is -1.93. The number of halogens is 4. The number of aliphatic hydroxyl groups is 1. The van der Waals surface area contributed by atoms with Crippen molar-refractivity contribution in [3.63, 3.8) is 0 Å². The van der Waals surface area contributed by atoms with Gasteiger partial charge in [-0.1, -0.05) is 26.0 Å². The third kappa shape index (κ3) is 7.83. The van der Waals surface area contributed by atoms with Crippen molar-refractivity contribution in [2.45, 2.75) is 51.0 Å². The Morgan fingerprint density at radius 2 is 1.84 bits per heavy atom. The average molecular weight is 622 g/mol. The summed E-state index contributed by atoms with van der Waals surface area (Å²) >= 11 is 0. The van der Waals surface area contributed by atoms with Gasteiger partial charge in [-0.25, -0.2) is 9.38 Å². The van der Waals surface area contributed by atoms with Crippen LogP contribution in [-0.2, 0) is 20.9 Å². The minimum atomic E-state index is -5.26. The van der Waals surface area contributed by atoms with Crippen molar-refractivity contribution in [1.29, 1.82) is 0 Å². The monoisotopic (exact) mass is 621 g/mol. The maximum absolute atomic E-state index is 14.6. The van der Waals surface area contributed by atoms with Crippen molar-refractivity contribution in [1.82, 2.24) is 5.32 Å². The fourth-order valence-corrected chi connectivity index (χ4v) is 4.45. The third-order valence-corrected chi connectivity index (χ3v) is 7.16. The molecule has 9 nitrogen and oxygen atoms in total. The lowest BCUT2D eigenvalue weighted by atomic mass is 9.94. The van der Waals surface area contributed by atoms with E-state index in [1.807, 2.05) is 13.8 Å². The van der Waals surface area contributed by atoms with Gasteiger partial charge >= 0.3 is 6.18 Å². The van der Waals surface area contributed by atoms with E-state index in [4.69, 9.17) is 19.9 Å². The summed E-state index contributed by atoms with van der Waals surface area (Å²) in [5, 5.41) is 13.3. The zero-order valence-electron chi connectivity index (χ0n) is 24.8. The second-order valence-corrected chi connectivity index (χ2v) is 10.1. The molecule has 0 spiro atoms. The van der Waals surface area contributed by atoms with E-state index >= 15 is 0 Å². The van der Waals surface area contributed by atoms with Crippen LogP contribution in [0, 0.1) is 5.82 Å². The molecule has 2 amide bonds. The SMILES string of the molecule is CCC(C)c1cc(C2=NC(C(O)(CNC(=O)c3ccc(COCC(N)=O)c(OC)c3)C(F)(F)F)=CCC=C2OC)ccc1F. The van der Waals surface area contributed by atoms with E-state index in [2.05, 4.69) is 10.3 Å². The second-order valence-electron chi connectivity index (χ2n) is 10.1. The molecule has 0 aliphatic carbocycles. The first-order chi connectivity index (χ1) is 20.7. The normalized spacial score (nSPS) is 15.6. The van der Waals surface area contributed by atoms with E-state index in [1.165, 1.54) is 56.7 Å². The largest absolute Gasteiger partial charge is 0.496 e. The van der Waals surface area contributed by atoms with Crippen molar-refractivity contribution in [2.24, 2.45) is 10.7 Å². The highest BCUT2D eigenvalue weighted by molar-refractivity contribution is 6.12. The number of amides is 2. The molecule has 238 valence electrons. The Morgan fingerprint density at radius 3 is 2.45 bits per heavy atom. The number of benzene rings is 2. The predicted octanol–water partition coefficient (Wildman–Crippen LogP) is 4.68. The molecule has 4 N–H and O–H groups in total. The molecular weight excluding hydrogens is 586 g/mol. The number of nitrogens with one attached hydrogen (secondary N) is 1. The molecule has 2 aromatic rings. The highest BCUT2D eigenvalue weighted by Gasteiger charge is 2.57. The van der Waals surface area contributed by atoms with Crippen molar-refractivity contribution in [3.05, 3.63) is 88.1 Å². The number of nitrogens with zero attached hydrogens (tertiary/aromatic N) is 1. The van der Waals surface area contributed by atoms with Crippen molar-refractivity contribution >= 4 is 17.5 Å². The van der Waals surface area contributed by atoms with Gasteiger partial charge < -0.3 is 30.4 Å². The molecule has 0 radical (unpaired) electrons. The van der Waals surface area contributed by atoms with Crippen LogP contribution >= 0.6 is 0 Å². The molecule has 2 unspecified atom stereocenters. The van der Waals surface area contributed by atoms with Crippen molar-refractivity contribution < 1.29 is 46.5 Å². The Kier molecular flexibility index (Phi) is 11.3. The molecule has 2 aromatic carbocycles. The highest BCUT2D eigenvalue weighted by Crippen LogP contribution is 2.38. The number of carbonyl (C=O) groups is 2. The number of hydrogen-bond acceptors (Lipinski definition) is 7. The van der Waals surface area contributed by atoms with Gasteiger partial charge in [0.15, 0.2) is 0 Å². The summed E-state index contributed by atoms with van der Waals surface area (Å²) < 4.78 is 73.9. The molecule has 2 atom stereocenters. The van der Waals surface area contributed by atoms with Crippen LogP contribution < -0.4 is 15.8 Å². The number of allylic oxidation sites excluding steroid dienone is 3. The number of carbonyl (C=O) groups excluding carboxylic acids is 2. The van der Waals surface area contributed by atoms with Gasteiger partial charge in [0.2, 0.25) is 11.5 Å². The minimum Gasteiger partial charge on any atom is -0.496 e. The predicted molar refractivity (Wildman–Crippen MR) is 155 cm³/mol. The van der Waals surface area contributed by atoms with Gasteiger partial charge in [0.1, 0.15) is 29.6 Å². The number of ether oxygens (including phenoxy) is 3. The number of nitrogens with two attached hydrogens (primary N) is 1. The van der Waals surface area contributed by atoms with E-state index in [-0.39, 0.29) is 48.3 Å². The van der Waals surface area contributed by atoms with Crippen LogP contribution in [0.5, 0.6) is 5.75 Å². The quantitative estimate of drug-likeness (QED) is 0.279. The Labute approximate surface area is 252 Å². The van der Waals surface area contributed by atoms with E-state index in [9.17, 15) is 32.3 Å². The second kappa shape index (κ2) is 14.5. The number of methoxy groups -OCH3 is 2. The maximum Gasteiger partial charge on any atom is 0.424 e. The van der Waals surface area contributed by atoms with Gasteiger partial charge in [-0.15, -0.1) is 0 Å². The number of aliphatic imine (C=N–C) groups is 1. The molecule has 0 saturated heterocycles. The molecule has 0 fully saturated rings. The Balaban J connectivity index is 1.94. The fraction of sp³-hybridized carbons (Fsp3) is 0.387. The summed E-state index contributed by atoms with van der Waals surface area (Å²) in [6.45, 7) is 2.02. The summed E-state index contributed by atoms with van der Waals surface area (Å²) in [4.78, 5) is 28.0. The maximum atomic E-state index is 14.6. The van der Waals surface area contributed by atoms with Gasteiger partial charge in [0.05, 0.1) is 33.1 Å². The van der Waals surface area contributed by atoms with Crippen LogP contribution in [0.3, 0.4) is 0 Å². The fourth-order valence-electron chi connectivity index (χ4n) is 4.45. The van der Waals surface area contributed by atoms with Gasteiger partial charge in [0.25, 0.3) is 5.91 Å². The molecule has 0 saturated carbocycles. The number of hydrogen-bond donors (Lipinski definition) is 3. The molecule has 1 heterocycles. The molecule has 1 aliphatic heterocycles. The zero-order chi connectivity index (χ0) is 32.7. The van der Waals surface area contributed by atoms with Crippen LogP contribution in [0.1, 0.15) is 59.7 Å². The molecule has 13 heteroatoms. The molecule has 44 heavy (non-hydrogen) atoms. The molecule has 1 aliphatic rings. The highest BCUT2D eigenvalue weighted by atomic mass is 19.4. The van der Waals surface area contributed by atoms with Gasteiger partial charge in [-0.2, -0.15) is 13.2 Å². The van der Waals surface area contributed by atoms with E-state index in [0.717, 1.165) is 6.08 Å². The van der Waals surface area contributed by atoms with Crippen LogP contribution in [0.15, 0.2) is 65.0 Å². The average Bonchev–Trinajstić information content (AvgIpc) is 3.22. The number of alkyl halides is 3. The minimum absolute atomic E-state index is 0.0336. The molecule has 0 aromatic heterocycles. The molecule has 3 rings (SSSR count). The Morgan fingerprint density at radius 1 is 1.11 bits per heavy atom. The first-order valence-corrected chi connectivity index (χ1v) is 13.7. The summed E-state index contributed by atoms with van der Waals surface area (Å²) in [6.07, 6.45) is -2.13. The lowest BCUT2D eigenvalue weighted by Gasteiger charge is -2.31. The van der Waals surface area contributed by atoms with E-state index in [0.29, 0.717) is 23.1 Å². The lowest BCUT2D eigenvalue weighted by Crippen LogP contribution is -2.54. The smallest absolute Gasteiger partial charge is 0.424 e. The van der Waals surface area contributed by atoms with Crippen molar-refractivity contribution in [3.8, 4) is 5.75 Å². The van der Waals surface area contributed by atoms with Crippen LogP contribution in [-0.4, -0.2) is 61.8 Å². The van der Waals surface area contributed by atoms with E-state index < -0.39 is 41.7 Å². The van der Waals surface area contributed by atoms with Crippen LogP contribution in [0.25, 0.3) is 0 Å². The van der Waals surface area contributed by atoms with Gasteiger partial charge in [0, 0.05) is 16.7 Å². The van der Waals surface area contributed by atoms with Gasteiger partial charge in [-0.3, -0.25) is 9.59 Å². The molecular formula is C31H35F4N3O6. The van der Waals surface area contributed by atoms with Crippen LogP contribution in [0.4, 0.5) is 17.6 Å². The van der Waals surface area contributed by atoms with Crippen molar-refractivity contribution in [2.75, 3.05) is 27.4 Å². The Bertz CT molecular complexity index is 1470. The standard InChI is InChI=1S/C31H35F4N3O6/c1-5-18(2)22-13-19(11-12-23(22)32)28-24(42-3)7-6-8-26(38-28)30(41,31(33,34)35)17-37-29(40)20-9-10-21(25(14-20)43-4)15-44-16-27(36)39/h7-14,18,41H,5-6,15-17H2,1-4H3,(H2,36,39)(H,37,40). The lowest BCUT2D eigenvalue weighted by molar-refractivity contribution is -0.241. The van der Waals surface area contributed by atoms with Gasteiger partial charge in [-0.05, 0) is 60.7 Å². The first kappa shape index (κ1) is 34.3. The number of rotatable bonds is 13. The Hall–Kier alpha value is -4.23. The third-order valence-electron chi connectivity index (χ3n) is 7.16. The summed E-state index contributed by atoms with van der Waals surface area (Å²) in [7, 11) is 2.64. The first-order valence-electron chi connectivity index (χ1n) is 13.7.